The lowest BCUT2D eigenvalue weighted by atomic mass is 9.63. The number of nitrogens with zero attached hydrogens (tertiary/aromatic N) is 3. The number of allylic oxidation sites excluding steroid dienone is 1. The van der Waals surface area contributed by atoms with Crippen molar-refractivity contribution < 1.29 is 22.9 Å². The van der Waals surface area contributed by atoms with Crippen molar-refractivity contribution in [1.29, 1.82) is 0 Å². The molecule has 1 saturated carbocycles. The first-order valence-corrected chi connectivity index (χ1v) is 21.3. The van der Waals surface area contributed by atoms with Crippen molar-refractivity contribution >= 4 is 38.8 Å². The molecule has 8 nitrogen and oxygen atoms in total. The minimum Gasteiger partial charge on any atom is -0.490 e. The summed E-state index contributed by atoms with van der Waals surface area (Å²) >= 11 is 6.50. The minimum absolute atomic E-state index is 0.00539. The van der Waals surface area contributed by atoms with Gasteiger partial charge in [0, 0.05) is 80.7 Å². The van der Waals surface area contributed by atoms with Crippen LogP contribution >= 0.6 is 11.6 Å². The van der Waals surface area contributed by atoms with Crippen LogP contribution in [0, 0.1) is 17.8 Å². The van der Waals surface area contributed by atoms with Crippen molar-refractivity contribution in [3.63, 3.8) is 0 Å². The fraction of sp³-hybridized carbons (Fsp3) is 0.610. The van der Waals surface area contributed by atoms with Crippen LogP contribution < -0.4 is 14.4 Å². The number of ether oxygens (including phenoxy) is 2. The van der Waals surface area contributed by atoms with Gasteiger partial charge in [-0.2, -0.15) is 0 Å². The van der Waals surface area contributed by atoms with E-state index in [0.29, 0.717) is 31.1 Å². The number of nitrogens with one attached hydrogen (secondary N) is 1. The third-order valence-electron chi connectivity index (χ3n) is 13.1. The summed E-state index contributed by atoms with van der Waals surface area (Å²) < 4.78 is 43.4. The zero-order chi connectivity index (χ0) is 36.7. The van der Waals surface area contributed by atoms with E-state index in [4.69, 9.17) is 21.1 Å². The summed E-state index contributed by atoms with van der Waals surface area (Å²) in [6, 6.07) is 11.9. The Kier molecular flexibility index (Phi) is 11.0. The van der Waals surface area contributed by atoms with E-state index >= 15 is 0 Å². The molecule has 7 rings (SSSR count). The Balaban J connectivity index is 1.28. The third-order valence-corrected chi connectivity index (χ3v) is 15.5. The molecule has 2 fully saturated rings. The number of anilines is 1. The van der Waals surface area contributed by atoms with Gasteiger partial charge >= 0.3 is 0 Å². The van der Waals surface area contributed by atoms with E-state index in [9.17, 15) is 13.4 Å². The molecule has 52 heavy (non-hydrogen) atoms. The summed E-state index contributed by atoms with van der Waals surface area (Å²) in [5.74, 6) is 5.04. The van der Waals surface area contributed by atoms with Crippen molar-refractivity contribution in [1.82, 2.24) is 14.5 Å². The van der Waals surface area contributed by atoms with Gasteiger partial charge in [-0.15, -0.1) is 0 Å². The predicted molar refractivity (Wildman–Crippen MR) is 210 cm³/mol. The Morgan fingerprint density at radius 1 is 1.12 bits per heavy atom. The molecule has 1 unspecified atom stereocenters. The van der Waals surface area contributed by atoms with Crippen molar-refractivity contribution in [2.45, 2.75) is 68.6 Å². The van der Waals surface area contributed by atoms with E-state index in [1.165, 1.54) is 11.1 Å². The van der Waals surface area contributed by atoms with Crippen LogP contribution in [0.1, 0.15) is 67.4 Å². The molecule has 3 heterocycles. The molecular formula is C41H56ClFN4O4S. The van der Waals surface area contributed by atoms with Gasteiger partial charge in [0.2, 0.25) is 0 Å². The smallest absolute Gasteiger partial charge is 0.262 e. The summed E-state index contributed by atoms with van der Waals surface area (Å²) in [6.45, 7) is 10.4. The predicted octanol–water partition coefficient (Wildman–Crippen LogP) is 6.16. The van der Waals surface area contributed by atoms with Gasteiger partial charge in [0.15, 0.2) is 0 Å². The van der Waals surface area contributed by atoms with Gasteiger partial charge in [-0.1, -0.05) is 36.7 Å². The average molecular weight is 755 g/mol. The van der Waals surface area contributed by atoms with E-state index < -0.39 is 15.3 Å². The first kappa shape index (κ1) is 37.7. The molecular weight excluding hydrogens is 699 g/mol. The second kappa shape index (κ2) is 15.2. The number of fused-ring (bicyclic) bond motifs is 4. The summed E-state index contributed by atoms with van der Waals surface area (Å²) in [7, 11) is -1.12. The summed E-state index contributed by atoms with van der Waals surface area (Å²) in [5, 5.41) is 0.400. The zero-order valence-corrected chi connectivity index (χ0v) is 32.7. The third kappa shape index (κ3) is 7.39. The number of carbonyl (C=O) groups is 1. The Bertz CT molecular complexity index is 1770. The van der Waals surface area contributed by atoms with Crippen LogP contribution in [-0.2, 0) is 26.3 Å². The van der Waals surface area contributed by atoms with Crippen LogP contribution in [0.25, 0.3) is 0 Å². The minimum atomic E-state index is -2.97. The highest BCUT2D eigenvalue weighted by atomic mass is 35.5. The highest BCUT2D eigenvalue weighted by molar-refractivity contribution is 7.99. The Hall–Kier alpha value is -2.63. The number of alkyl halides is 1. The van der Waals surface area contributed by atoms with Crippen LogP contribution in [0.4, 0.5) is 10.1 Å². The molecule has 7 atom stereocenters. The number of piperazine rings is 1. The first-order chi connectivity index (χ1) is 25.0. The lowest BCUT2D eigenvalue weighted by molar-refractivity contribution is -0.0955. The number of methoxy groups -OCH3 is 1. The van der Waals surface area contributed by atoms with E-state index in [1.807, 2.05) is 32.2 Å². The van der Waals surface area contributed by atoms with Crippen molar-refractivity contribution in [3.05, 3.63) is 70.3 Å². The number of carbonyl (C=O) groups excluding carboxylic acids is 1. The molecule has 2 aromatic carbocycles. The molecule has 0 aromatic heterocycles. The van der Waals surface area contributed by atoms with E-state index in [0.717, 1.165) is 94.4 Å². The lowest BCUT2D eigenvalue weighted by Gasteiger charge is -2.52. The van der Waals surface area contributed by atoms with Crippen LogP contribution in [0.3, 0.4) is 0 Å². The number of rotatable bonds is 5. The quantitative estimate of drug-likeness (QED) is 0.290. The van der Waals surface area contributed by atoms with Crippen LogP contribution in [0.5, 0.6) is 5.75 Å². The maximum Gasteiger partial charge on any atom is 0.262 e. The molecule has 1 spiro atoms. The van der Waals surface area contributed by atoms with Crippen molar-refractivity contribution in [3.8, 4) is 5.75 Å². The van der Waals surface area contributed by atoms with Crippen LogP contribution in [0.2, 0.25) is 5.02 Å². The van der Waals surface area contributed by atoms with Gasteiger partial charge in [0.25, 0.3) is 5.91 Å². The summed E-state index contributed by atoms with van der Waals surface area (Å²) in [5.41, 5.74) is 3.16. The van der Waals surface area contributed by atoms with Gasteiger partial charge in [-0.05, 0) is 111 Å². The number of amides is 1. The topological polar surface area (TPSA) is 74.4 Å². The van der Waals surface area contributed by atoms with Gasteiger partial charge in [-0.25, -0.2) is 8.60 Å². The maximum absolute atomic E-state index is 14.0. The molecule has 1 amide bonds. The highest BCUT2D eigenvalue weighted by Gasteiger charge is 2.50. The normalized spacial score (nSPS) is 35.0. The molecule has 284 valence electrons. The second-order valence-electron chi connectivity index (χ2n) is 16.2. The number of hydrogen-bond acceptors (Lipinski definition) is 7. The SMILES string of the molecule is C=S1(=O)NC(=O)c2ccc3c(c2)N(C[C@@H]2CC[C@H]2[C@](CN2CCN(CCF)CC2)(OC)/C=C/C[C@H](C)[C@H]1C)C[C@@]1(CCCc2cc(Cl)ccc21)CO3. The van der Waals surface area contributed by atoms with Gasteiger partial charge in [-0.3, -0.25) is 19.3 Å². The largest absolute Gasteiger partial charge is 0.490 e. The Morgan fingerprint density at radius 2 is 1.90 bits per heavy atom. The van der Waals surface area contributed by atoms with E-state index in [1.54, 1.807) is 6.07 Å². The summed E-state index contributed by atoms with van der Waals surface area (Å²) in [4.78, 5) is 20.9. The zero-order valence-electron chi connectivity index (χ0n) is 31.1. The van der Waals surface area contributed by atoms with E-state index in [2.05, 4.69) is 56.5 Å². The Morgan fingerprint density at radius 3 is 2.63 bits per heavy atom. The fourth-order valence-electron chi connectivity index (χ4n) is 9.54. The van der Waals surface area contributed by atoms with Gasteiger partial charge in [0.05, 0.1) is 22.0 Å². The molecule has 2 bridgehead atoms. The molecule has 11 heteroatoms. The molecule has 2 aromatic rings. The lowest BCUT2D eigenvalue weighted by Crippen LogP contribution is -2.59. The monoisotopic (exact) mass is 754 g/mol. The molecule has 1 saturated heterocycles. The number of benzene rings is 2. The Labute approximate surface area is 315 Å². The molecule has 1 N–H and O–H groups in total. The van der Waals surface area contributed by atoms with Crippen LogP contribution in [0.15, 0.2) is 48.6 Å². The molecule has 2 aliphatic carbocycles. The first-order valence-electron chi connectivity index (χ1n) is 19.2. The van der Waals surface area contributed by atoms with E-state index in [-0.39, 0.29) is 35.1 Å². The van der Waals surface area contributed by atoms with Gasteiger partial charge < -0.3 is 14.4 Å². The number of halogens is 2. The second-order valence-corrected chi connectivity index (χ2v) is 19.0. The van der Waals surface area contributed by atoms with Crippen LogP contribution in [-0.4, -0.2) is 109 Å². The fourth-order valence-corrected chi connectivity index (χ4v) is 11.2. The number of hydrogen-bond donors (Lipinski definition) is 1. The maximum atomic E-state index is 14.0. The highest BCUT2D eigenvalue weighted by Crippen LogP contribution is 2.49. The van der Waals surface area contributed by atoms with Crippen molar-refractivity contribution in [2.75, 3.05) is 77.6 Å². The summed E-state index contributed by atoms with van der Waals surface area (Å²) in [6.07, 6.45) is 10.3. The molecule has 3 aliphatic heterocycles. The van der Waals surface area contributed by atoms with Crippen molar-refractivity contribution in [2.24, 2.45) is 17.8 Å². The molecule has 5 aliphatic rings. The molecule has 0 radical (unpaired) electrons. The van der Waals surface area contributed by atoms with Gasteiger partial charge in [0.1, 0.15) is 18.0 Å². The average Bonchev–Trinajstić information content (AvgIpc) is 3.26. The standard InChI is InChI=1S/C41H56ClFN4O4S/c1-29-7-5-16-41(50-3,27-46-21-19-45(18-17-43)20-22-46)36-12-9-33(36)25-47-26-40(15-6-8-31-23-34(42)11-13-35(31)40)28-51-38-14-10-32(24-37(38)47)39(48)44-52(4,49)30(29)2/h5,10-11,13-14,16,23-24,29-30,33,36H,4,6-9,12,15,17-22,25-28H2,1-3H3,(H,44,48,49)/b16-5+/t29-,30+,33-,36+,40-,41-,52?/m0/s1. The number of aryl methyl sites for hydroxylation is 1.